The molecule has 0 fully saturated rings. The van der Waals surface area contributed by atoms with E-state index in [1.54, 1.807) is 7.11 Å². The number of carbonyl (C=O) groups is 1. The van der Waals surface area contributed by atoms with Gasteiger partial charge in [-0.25, -0.2) is 0 Å². The lowest BCUT2D eigenvalue weighted by molar-refractivity contribution is -0.124. The summed E-state index contributed by atoms with van der Waals surface area (Å²) < 4.78 is 4.96. The van der Waals surface area contributed by atoms with Gasteiger partial charge in [0.15, 0.2) is 0 Å². The SMILES string of the molecule is COCCC(C)NC(=O)C(C#N)Cc1ccccc1. The molecule has 2 unspecified atom stereocenters. The molecule has 0 bridgehead atoms. The van der Waals surface area contributed by atoms with Crippen molar-refractivity contribution in [2.45, 2.75) is 25.8 Å². The van der Waals surface area contributed by atoms with E-state index in [-0.39, 0.29) is 11.9 Å². The number of ether oxygens (including phenoxy) is 1. The Hall–Kier alpha value is -1.86. The highest BCUT2D eigenvalue weighted by Crippen LogP contribution is 2.08. The van der Waals surface area contributed by atoms with E-state index in [0.29, 0.717) is 13.0 Å². The van der Waals surface area contributed by atoms with Crippen molar-refractivity contribution in [3.8, 4) is 6.07 Å². The summed E-state index contributed by atoms with van der Waals surface area (Å²) in [6.45, 7) is 2.51. The number of hydrogen-bond donors (Lipinski definition) is 1. The Bertz CT molecular complexity index is 426. The van der Waals surface area contributed by atoms with E-state index < -0.39 is 5.92 Å². The average molecular weight is 260 g/mol. The fraction of sp³-hybridized carbons (Fsp3) is 0.467. The molecular formula is C15H20N2O2. The summed E-state index contributed by atoms with van der Waals surface area (Å²) >= 11 is 0. The molecule has 0 saturated carbocycles. The molecule has 2 atom stereocenters. The first kappa shape index (κ1) is 15.2. The van der Waals surface area contributed by atoms with Gasteiger partial charge < -0.3 is 10.1 Å². The van der Waals surface area contributed by atoms with Gasteiger partial charge in [0.2, 0.25) is 5.91 Å². The molecule has 102 valence electrons. The lowest BCUT2D eigenvalue weighted by Crippen LogP contribution is -2.38. The van der Waals surface area contributed by atoms with Crippen LogP contribution in [0, 0.1) is 17.2 Å². The molecular weight excluding hydrogens is 240 g/mol. The molecule has 1 N–H and O–H groups in total. The summed E-state index contributed by atoms with van der Waals surface area (Å²) in [6, 6.07) is 11.7. The summed E-state index contributed by atoms with van der Waals surface area (Å²) in [7, 11) is 1.63. The van der Waals surface area contributed by atoms with E-state index in [9.17, 15) is 4.79 Å². The van der Waals surface area contributed by atoms with Gasteiger partial charge in [-0.2, -0.15) is 5.26 Å². The fourth-order valence-electron chi connectivity index (χ4n) is 1.76. The van der Waals surface area contributed by atoms with Crippen LogP contribution in [0.5, 0.6) is 0 Å². The van der Waals surface area contributed by atoms with Gasteiger partial charge in [0.1, 0.15) is 5.92 Å². The van der Waals surface area contributed by atoms with Crippen LogP contribution in [0.3, 0.4) is 0 Å². The number of rotatable bonds is 7. The topological polar surface area (TPSA) is 62.1 Å². The average Bonchev–Trinajstić information content (AvgIpc) is 2.43. The summed E-state index contributed by atoms with van der Waals surface area (Å²) in [4.78, 5) is 12.0. The third-order valence-electron chi connectivity index (χ3n) is 2.90. The molecule has 0 spiro atoms. The van der Waals surface area contributed by atoms with E-state index in [2.05, 4.69) is 11.4 Å². The van der Waals surface area contributed by atoms with E-state index in [4.69, 9.17) is 10.00 Å². The van der Waals surface area contributed by atoms with Crippen LogP contribution in [-0.4, -0.2) is 25.7 Å². The smallest absolute Gasteiger partial charge is 0.237 e. The second kappa shape index (κ2) is 8.28. The molecule has 4 nitrogen and oxygen atoms in total. The van der Waals surface area contributed by atoms with Crippen LogP contribution in [-0.2, 0) is 16.0 Å². The van der Waals surface area contributed by atoms with Gasteiger partial charge in [0.05, 0.1) is 6.07 Å². The Morgan fingerprint density at radius 3 is 2.68 bits per heavy atom. The number of nitriles is 1. The number of nitrogens with zero attached hydrogens (tertiary/aromatic N) is 1. The molecule has 4 heteroatoms. The zero-order valence-corrected chi connectivity index (χ0v) is 11.4. The fourth-order valence-corrected chi connectivity index (χ4v) is 1.76. The molecule has 1 amide bonds. The molecule has 0 aromatic heterocycles. The van der Waals surface area contributed by atoms with Crippen molar-refractivity contribution in [1.29, 1.82) is 5.26 Å². The van der Waals surface area contributed by atoms with E-state index in [1.165, 1.54) is 0 Å². The zero-order valence-electron chi connectivity index (χ0n) is 11.4. The van der Waals surface area contributed by atoms with Crippen molar-refractivity contribution in [2.75, 3.05) is 13.7 Å². The first-order chi connectivity index (χ1) is 9.17. The predicted octanol–water partition coefficient (Wildman–Crippen LogP) is 1.91. The first-order valence-corrected chi connectivity index (χ1v) is 6.40. The molecule has 1 rings (SSSR count). The molecule has 0 aliphatic rings. The zero-order chi connectivity index (χ0) is 14.1. The Labute approximate surface area is 114 Å². The van der Waals surface area contributed by atoms with Gasteiger partial charge in [0, 0.05) is 19.8 Å². The van der Waals surface area contributed by atoms with E-state index >= 15 is 0 Å². The standard InChI is InChI=1S/C15H20N2O2/c1-12(8-9-19-2)17-15(18)14(11-16)10-13-6-4-3-5-7-13/h3-7,12,14H,8-10H2,1-2H3,(H,17,18). The highest BCUT2D eigenvalue weighted by atomic mass is 16.5. The van der Waals surface area contributed by atoms with Gasteiger partial charge in [-0.15, -0.1) is 0 Å². The van der Waals surface area contributed by atoms with Crippen LogP contribution in [0.25, 0.3) is 0 Å². The minimum absolute atomic E-state index is 0.0130. The van der Waals surface area contributed by atoms with Crippen LogP contribution in [0.1, 0.15) is 18.9 Å². The summed E-state index contributed by atoms with van der Waals surface area (Å²) in [5.41, 5.74) is 0.994. The van der Waals surface area contributed by atoms with Crippen LogP contribution in [0.15, 0.2) is 30.3 Å². The van der Waals surface area contributed by atoms with Crippen molar-refractivity contribution in [3.63, 3.8) is 0 Å². The van der Waals surface area contributed by atoms with Crippen molar-refractivity contribution in [2.24, 2.45) is 5.92 Å². The number of amides is 1. The highest BCUT2D eigenvalue weighted by Gasteiger charge is 2.19. The highest BCUT2D eigenvalue weighted by molar-refractivity contribution is 5.81. The van der Waals surface area contributed by atoms with Gasteiger partial charge in [0.25, 0.3) is 0 Å². The Kier molecular flexibility index (Phi) is 6.62. The molecule has 1 aromatic rings. The van der Waals surface area contributed by atoms with E-state index in [0.717, 1.165) is 12.0 Å². The number of benzene rings is 1. The molecule has 1 aromatic carbocycles. The molecule has 0 aliphatic heterocycles. The Morgan fingerprint density at radius 1 is 1.42 bits per heavy atom. The number of carbonyl (C=O) groups excluding carboxylic acids is 1. The van der Waals surface area contributed by atoms with Crippen LogP contribution >= 0.6 is 0 Å². The summed E-state index contributed by atoms with van der Waals surface area (Å²) in [5, 5.41) is 12.0. The Balaban J connectivity index is 2.51. The maximum atomic E-state index is 12.0. The minimum Gasteiger partial charge on any atom is -0.385 e. The normalized spacial score (nSPS) is 13.3. The predicted molar refractivity (Wildman–Crippen MR) is 73.3 cm³/mol. The summed E-state index contributed by atoms with van der Waals surface area (Å²) in [6.07, 6.45) is 1.19. The van der Waals surface area contributed by atoms with Gasteiger partial charge >= 0.3 is 0 Å². The van der Waals surface area contributed by atoms with Crippen LogP contribution in [0.4, 0.5) is 0 Å². The maximum absolute atomic E-state index is 12.0. The molecule has 0 saturated heterocycles. The molecule has 0 aliphatic carbocycles. The van der Waals surface area contributed by atoms with Crippen molar-refractivity contribution in [3.05, 3.63) is 35.9 Å². The van der Waals surface area contributed by atoms with Gasteiger partial charge in [-0.3, -0.25) is 4.79 Å². The number of hydrogen-bond acceptors (Lipinski definition) is 3. The second-order valence-electron chi connectivity index (χ2n) is 4.56. The van der Waals surface area contributed by atoms with Gasteiger partial charge in [-0.05, 0) is 25.3 Å². The van der Waals surface area contributed by atoms with E-state index in [1.807, 2.05) is 37.3 Å². The quantitative estimate of drug-likeness (QED) is 0.814. The monoisotopic (exact) mass is 260 g/mol. The first-order valence-electron chi connectivity index (χ1n) is 6.40. The lowest BCUT2D eigenvalue weighted by Gasteiger charge is -2.16. The Morgan fingerprint density at radius 2 is 2.11 bits per heavy atom. The van der Waals surface area contributed by atoms with Crippen molar-refractivity contribution in [1.82, 2.24) is 5.32 Å². The van der Waals surface area contributed by atoms with Crippen LogP contribution < -0.4 is 5.32 Å². The largest absolute Gasteiger partial charge is 0.385 e. The van der Waals surface area contributed by atoms with Gasteiger partial charge in [-0.1, -0.05) is 30.3 Å². The molecule has 19 heavy (non-hydrogen) atoms. The van der Waals surface area contributed by atoms with Crippen molar-refractivity contribution < 1.29 is 9.53 Å². The third-order valence-corrected chi connectivity index (χ3v) is 2.90. The second-order valence-corrected chi connectivity index (χ2v) is 4.56. The third kappa shape index (κ3) is 5.54. The lowest BCUT2D eigenvalue weighted by atomic mass is 9.99. The van der Waals surface area contributed by atoms with Crippen molar-refractivity contribution >= 4 is 5.91 Å². The number of methoxy groups -OCH3 is 1. The molecule has 0 radical (unpaired) electrons. The maximum Gasteiger partial charge on any atom is 0.237 e. The minimum atomic E-state index is -0.646. The number of nitrogens with one attached hydrogen (secondary N) is 1. The van der Waals surface area contributed by atoms with Crippen LogP contribution in [0.2, 0.25) is 0 Å². The molecule has 0 heterocycles. The summed E-state index contributed by atoms with van der Waals surface area (Å²) in [5.74, 6) is -0.859.